The second-order valence-corrected chi connectivity index (χ2v) is 4.97. The number of anilines is 2. The second-order valence-electron chi connectivity index (χ2n) is 4.97. The van der Waals surface area contributed by atoms with E-state index in [-0.39, 0.29) is 28.6 Å². The van der Waals surface area contributed by atoms with Gasteiger partial charge in [-0.3, -0.25) is 0 Å². The lowest BCUT2D eigenvalue weighted by atomic mass is 10.1. The number of fused-ring (bicyclic) bond motifs is 1. The van der Waals surface area contributed by atoms with Crippen LogP contribution < -0.4 is 10.1 Å². The molecule has 3 aromatic rings. The summed E-state index contributed by atoms with van der Waals surface area (Å²) in [5.41, 5.74) is 0.624. The molecule has 0 saturated heterocycles. The van der Waals surface area contributed by atoms with E-state index in [0.717, 1.165) is 12.1 Å². The maximum absolute atomic E-state index is 14.1. The van der Waals surface area contributed by atoms with Gasteiger partial charge >= 0.3 is 0 Å². The van der Waals surface area contributed by atoms with Gasteiger partial charge in [-0.15, -0.1) is 0 Å². The summed E-state index contributed by atoms with van der Waals surface area (Å²) in [4.78, 5) is 8.12. The van der Waals surface area contributed by atoms with Crippen LogP contribution in [0.5, 0.6) is 11.5 Å². The molecule has 0 spiro atoms. The molecule has 23 heavy (non-hydrogen) atoms. The molecule has 7 heteroatoms. The average molecular weight is 317 g/mol. The molecular weight excluding hydrogens is 304 g/mol. The molecule has 2 N–H and O–H groups in total. The van der Waals surface area contributed by atoms with Crippen LogP contribution >= 0.6 is 0 Å². The molecule has 3 rings (SSSR count). The lowest BCUT2D eigenvalue weighted by Crippen LogP contribution is -2.00. The molecule has 2 aromatic carbocycles. The van der Waals surface area contributed by atoms with Gasteiger partial charge in [0.25, 0.3) is 0 Å². The Kier molecular flexibility index (Phi) is 3.69. The largest absolute Gasteiger partial charge is 0.504 e. The van der Waals surface area contributed by atoms with Gasteiger partial charge in [0.2, 0.25) is 0 Å². The van der Waals surface area contributed by atoms with Crippen LogP contribution in [0.25, 0.3) is 10.9 Å². The molecule has 0 bridgehead atoms. The quantitative estimate of drug-likeness (QED) is 0.771. The van der Waals surface area contributed by atoms with Crippen molar-refractivity contribution in [3.8, 4) is 11.5 Å². The van der Waals surface area contributed by atoms with Gasteiger partial charge in [0, 0.05) is 17.5 Å². The van der Waals surface area contributed by atoms with Crippen molar-refractivity contribution in [1.82, 2.24) is 9.97 Å². The Labute approximate surface area is 130 Å². The SMILES string of the molecule is COc1cc2ncnc(Nc3cc(F)cc(C)c3F)c2cc1O. The number of benzene rings is 2. The summed E-state index contributed by atoms with van der Waals surface area (Å²) in [5, 5.41) is 13.1. The van der Waals surface area contributed by atoms with Crippen molar-refractivity contribution in [1.29, 1.82) is 0 Å². The van der Waals surface area contributed by atoms with Crippen molar-refractivity contribution in [2.75, 3.05) is 12.4 Å². The standard InChI is InChI=1S/C16H13F2N3O2/c1-8-3-9(17)4-12(15(8)18)21-16-10-5-13(22)14(23-2)6-11(10)19-7-20-16/h3-7,22H,1-2H3,(H,19,20,21). The molecular formula is C16H13F2N3O2. The third kappa shape index (κ3) is 2.73. The molecule has 0 aliphatic carbocycles. The smallest absolute Gasteiger partial charge is 0.162 e. The van der Waals surface area contributed by atoms with Gasteiger partial charge in [-0.05, 0) is 24.6 Å². The van der Waals surface area contributed by atoms with Gasteiger partial charge in [-0.2, -0.15) is 0 Å². The van der Waals surface area contributed by atoms with Gasteiger partial charge in [-0.1, -0.05) is 0 Å². The lowest BCUT2D eigenvalue weighted by molar-refractivity contribution is 0.374. The van der Waals surface area contributed by atoms with Gasteiger partial charge in [0.1, 0.15) is 23.8 Å². The first kappa shape index (κ1) is 15.0. The molecule has 0 aliphatic heterocycles. The number of nitrogens with one attached hydrogen (secondary N) is 1. The molecule has 0 amide bonds. The first-order chi connectivity index (χ1) is 11.0. The molecule has 0 radical (unpaired) electrons. The van der Waals surface area contributed by atoms with Crippen LogP contribution in [0.3, 0.4) is 0 Å². The summed E-state index contributed by atoms with van der Waals surface area (Å²) in [5.74, 6) is -0.731. The van der Waals surface area contributed by atoms with Crippen LogP contribution in [0.1, 0.15) is 5.56 Å². The number of halogens is 2. The van der Waals surface area contributed by atoms with Gasteiger partial charge in [0.15, 0.2) is 11.5 Å². The zero-order chi connectivity index (χ0) is 16.6. The summed E-state index contributed by atoms with van der Waals surface area (Å²) in [6.07, 6.45) is 1.28. The molecule has 0 aliphatic rings. The summed E-state index contributed by atoms with van der Waals surface area (Å²) in [6, 6.07) is 5.08. The van der Waals surface area contributed by atoms with Crippen molar-refractivity contribution in [2.45, 2.75) is 6.92 Å². The van der Waals surface area contributed by atoms with E-state index in [1.54, 1.807) is 0 Å². The fourth-order valence-corrected chi connectivity index (χ4v) is 2.28. The molecule has 0 atom stereocenters. The van der Waals surface area contributed by atoms with E-state index in [1.165, 1.54) is 32.5 Å². The van der Waals surface area contributed by atoms with E-state index in [0.29, 0.717) is 10.9 Å². The fourth-order valence-electron chi connectivity index (χ4n) is 2.28. The molecule has 0 unspecified atom stereocenters. The van der Waals surface area contributed by atoms with Crippen LogP contribution in [-0.4, -0.2) is 22.2 Å². The number of aromatic nitrogens is 2. The lowest BCUT2D eigenvalue weighted by Gasteiger charge is -2.12. The molecule has 0 fully saturated rings. The van der Waals surface area contributed by atoms with E-state index in [4.69, 9.17) is 4.74 Å². The topological polar surface area (TPSA) is 67.3 Å². The number of methoxy groups -OCH3 is 1. The van der Waals surface area contributed by atoms with Crippen LogP contribution in [-0.2, 0) is 0 Å². The van der Waals surface area contributed by atoms with E-state index < -0.39 is 11.6 Å². The zero-order valence-electron chi connectivity index (χ0n) is 12.4. The van der Waals surface area contributed by atoms with Crippen molar-refractivity contribution in [3.63, 3.8) is 0 Å². The van der Waals surface area contributed by atoms with E-state index in [2.05, 4.69) is 15.3 Å². The normalized spacial score (nSPS) is 10.8. The fraction of sp³-hybridized carbons (Fsp3) is 0.125. The van der Waals surface area contributed by atoms with Gasteiger partial charge < -0.3 is 15.2 Å². The van der Waals surface area contributed by atoms with Crippen molar-refractivity contribution < 1.29 is 18.6 Å². The molecule has 118 valence electrons. The minimum atomic E-state index is -0.573. The van der Waals surface area contributed by atoms with E-state index in [1.807, 2.05) is 0 Å². The Bertz CT molecular complexity index is 900. The Morgan fingerprint density at radius 1 is 1.13 bits per heavy atom. The minimum absolute atomic E-state index is 0.0437. The Hall–Kier alpha value is -2.96. The van der Waals surface area contributed by atoms with Crippen LogP contribution in [0.2, 0.25) is 0 Å². The van der Waals surface area contributed by atoms with Gasteiger partial charge in [-0.25, -0.2) is 18.7 Å². The number of aryl methyl sites for hydroxylation is 1. The maximum atomic E-state index is 14.1. The van der Waals surface area contributed by atoms with Crippen molar-refractivity contribution >= 4 is 22.4 Å². The zero-order valence-corrected chi connectivity index (χ0v) is 12.4. The summed E-state index contributed by atoms with van der Waals surface area (Å²) in [7, 11) is 1.42. The van der Waals surface area contributed by atoms with Crippen molar-refractivity contribution in [3.05, 3.63) is 47.8 Å². The van der Waals surface area contributed by atoms with Crippen LogP contribution in [0, 0.1) is 18.6 Å². The Morgan fingerprint density at radius 3 is 2.65 bits per heavy atom. The number of ether oxygens (including phenoxy) is 1. The number of rotatable bonds is 3. The number of hydrogen-bond donors (Lipinski definition) is 2. The predicted octanol–water partition coefficient (Wildman–Crippen LogP) is 3.67. The number of hydrogen-bond acceptors (Lipinski definition) is 5. The first-order valence-corrected chi connectivity index (χ1v) is 6.74. The van der Waals surface area contributed by atoms with Crippen LogP contribution in [0.15, 0.2) is 30.6 Å². The van der Waals surface area contributed by atoms with E-state index >= 15 is 0 Å². The van der Waals surface area contributed by atoms with E-state index in [9.17, 15) is 13.9 Å². The summed E-state index contributed by atoms with van der Waals surface area (Å²) < 4.78 is 32.6. The number of phenolic OH excluding ortho intramolecular Hbond substituents is 1. The molecule has 0 saturated carbocycles. The average Bonchev–Trinajstić information content (AvgIpc) is 2.52. The molecule has 1 heterocycles. The Morgan fingerprint density at radius 2 is 1.91 bits per heavy atom. The third-order valence-electron chi connectivity index (χ3n) is 3.41. The molecule has 1 aromatic heterocycles. The monoisotopic (exact) mass is 317 g/mol. The van der Waals surface area contributed by atoms with Gasteiger partial charge in [0.05, 0.1) is 18.3 Å². The number of nitrogens with zero attached hydrogens (tertiary/aromatic N) is 2. The minimum Gasteiger partial charge on any atom is -0.504 e. The maximum Gasteiger partial charge on any atom is 0.162 e. The first-order valence-electron chi connectivity index (χ1n) is 6.74. The summed E-state index contributed by atoms with van der Waals surface area (Å²) >= 11 is 0. The highest BCUT2D eigenvalue weighted by Crippen LogP contribution is 2.34. The second kappa shape index (κ2) is 5.68. The molecule has 5 nitrogen and oxygen atoms in total. The summed E-state index contributed by atoms with van der Waals surface area (Å²) in [6.45, 7) is 1.47. The highest BCUT2D eigenvalue weighted by Gasteiger charge is 2.13. The van der Waals surface area contributed by atoms with Crippen LogP contribution in [0.4, 0.5) is 20.3 Å². The highest BCUT2D eigenvalue weighted by atomic mass is 19.1. The number of aromatic hydroxyl groups is 1. The van der Waals surface area contributed by atoms with Crippen molar-refractivity contribution in [2.24, 2.45) is 0 Å². The highest BCUT2D eigenvalue weighted by molar-refractivity contribution is 5.93. The third-order valence-corrected chi connectivity index (χ3v) is 3.41. The Balaban J connectivity index is 2.12. The number of phenols is 1. The predicted molar refractivity (Wildman–Crippen MR) is 82.1 cm³/mol.